The molecule has 1 N–H and O–H groups in total. The summed E-state index contributed by atoms with van der Waals surface area (Å²) in [6, 6.07) is 6.61. The highest BCUT2D eigenvalue weighted by molar-refractivity contribution is 6.48. The molecular weight excluding hydrogens is 290 g/mol. The van der Waals surface area contributed by atoms with Crippen LogP contribution < -0.4 is 4.90 Å². The topological polar surface area (TPSA) is 32.7 Å². The minimum absolute atomic E-state index is 0.0612. The molecule has 1 aliphatic heterocycles. The van der Waals surface area contributed by atoms with E-state index in [4.69, 9.17) is 4.43 Å². The number of nitrogens with zero attached hydrogens (tertiary/aromatic N) is 1. The zero-order chi connectivity index (χ0) is 16.5. The maximum Gasteiger partial charge on any atom is 0.205 e. The van der Waals surface area contributed by atoms with Gasteiger partial charge < -0.3 is 14.4 Å². The SMILES string of the molecule is CCN1c2c(cccc2C(C)(C)C)C(O)CC1CO[Si](C)C. The standard InChI is InChI=1S/C18H30NO2Si/c1-7-19-13(12-21-22(5)6)11-16(20)14-9-8-10-15(17(14)19)18(2,3)4/h8-10,13,16,20H,7,11-12H2,1-6H3. The number of aliphatic hydroxyl groups is 1. The van der Waals surface area contributed by atoms with Crippen molar-refractivity contribution in [1.29, 1.82) is 0 Å². The van der Waals surface area contributed by atoms with Crippen molar-refractivity contribution >= 4 is 14.7 Å². The van der Waals surface area contributed by atoms with Crippen LogP contribution in [0.2, 0.25) is 13.1 Å². The van der Waals surface area contributed by atoms with E-state index in [0.29, 0.717) is 6.61 Å². The Labute approximate surface area is 137 Å². The van der Waals surface area contributed by atoms with Gasteiger partial charge in [0.05, 0.1) is 18.8 Å². The average molecular weight is 321 g/mol. The molecule has 2 unspecified atom stereocenters. The Kier molecular flexibility index (Phi) is 5.36. The van der Waals surface area contributed by atoms with Crippen LogP contribution in [0, 0.1) is 0 Å². The van der Waals surface area contributed by atoms with Gasteiger partial charge in [-0.3, -0.25) is 0 Å². The predicted octanol–water partition coefficient (Wildman–Crippen LogP) is 3.88. The van der Waals surface area contributed by atoms with Crippen molar-refractivity contribution in [3.63, 3.8) is 0 Å². The van der Waals surface area contributed by atoms with E-state index >= 15 is 0 Å². The van der Waals surface area contributed by atoms with Gasteiger partial charge in [-0.25, -0.2) is 0 Å². The second kappa shape index (κ2) is 6.73. The fourth-order valence-electron chi connectivity index (χ4n) is 3.29. The van der Waals surface area contributed by atoms with Crippen molar-refractivity contribution in [3.8, 4) is 0 Å². The van der Waals surface area contributed by atoms with Crippen LogP contribution in [0.4, 0.5) is 5.69 Å². The van der Waals surface area contributed by atoms with Gasteiger partial charge in [-0.2, -0.15) is 0 Å². The third-order valence-electron chi connectivity index (χ3n) is 4.36. The molecule has 0 fully saturated rings. The summed E-state index contributed by atoms with van der Waals surface area (Å²) in [5, 5.41) is 10.6. The summed E-state index contributed by atoms with van der Waals surface area (Å²) in [6.07, 6.45) is 0.363. The van der Waals surface area contributed by atoms with Gasteiger partial charge in [-0.05, 0) is 31.0 Å². The Hall–Kier alpha value is -0.843. The highest BCUT2D eigenvalue weighted by Crippen LogP contribution is 2.43. The number of fused-ring (bicyclic) bond motifs is 1. The van der Waals surface area contributed by atoms with Gasteiger partial charge in [-0.15, -0.1) is 0 Å². The fourth-order valence-corrected chi connectivity index (χ4v) is 3.81. The van der Waals surface area contributed by atoms with E-state index in [0.717, 1.165) is 18.5 Å². The van der Waals surface area contributed by atoms with Gasteiger partial charge in [0.15, 0.2) is 0 Å². The first-order valence-corrected chi connectivity index (χ1v) is 10.7. The summed E-state index contributed by atoms with van der Waals surface area (Å²) in [4.78, 5) is 2.44. The van der Waals surface area contributed by atoms with Gasteiger partial charge in [0.1, 0.15) is 0 Å². The fraction of sp³-hybridized carbons (Fsp3) is 0.667. The molecule has 1 aromatic carbocycles. The summed E-state index contributed by atoms with van der Waals surface area (Å²) in [6.45, 7) is 14.9. The van der Waals surface area contributed by atoms with Crippen molar-refractivity contribution in [3.05, 3.63) is 29.3 Å². The lowest BCUT2D eigenvalue weighted by Crippen LogP contribution is -2.45. The first kappa shape index (κ1) is 17.5. The van der Waals surface area contributed by atoms with Gasteiger partial charge in [0, 0.05) is 24.2 Å². The van der Waals surface area contributed by atoms with Gasteiger partial charge >= 0.3 is 0 Å². The Balaban J connectivity index is 2.44. The van der Waals surface area contributed by atoms with Crippen LogP contribution in [-0.2, 0) is 9.84 Å². The number of para-hydroxylation sites is 1. The molecule has 0 amide bonds. The third-order valence-corrected chi connectivity index (χ3v) is 5.11. The van der Waals surface area contributed by atoms with Crippen LogP contribution in [0.1, 0.15) is 51.3 Å². The van der Waals surface area contributed by atoms with Crippen molar-refractivity contribution in [1.82, 2.24) is 0 Å². The van der Waals surface area contributed by atoms with E-state index in [1.54, 1.807) is 0 Å². The van der Waals surface area contributed by atoms with E-state index in [1.807, 2.05) is 0 Å². The molecule has 0 bridgehead atoms. The zero-order valence-electron chi connectivity index (χ0n) is 14.8. The van der Waals surface area contributed by atoms with Gasteiger partial charge in [0.25, 0.3) is 0 Å². The summed E-state index contributed by atoms with van der Waals surface area (Å²) in [5.41, 5.74) is 3.68. The smallest absolute Gasteiger partial charge is 0.205 e. The van der Waals surface area contributed by atoms with Crippen molar-refractivity contribution < 1.29 is 9.53 Å². The average Bonchev–Trinajstić information content (AvgIpc) is 2.43. The zero-order valence-corrected chi connectivity index (χ0v) is 15.8. The maximum atomic E-state index is 10.6. The molecule has 4 heteroatoms. The molecule has 1 aliphatic rings. The molecule has 123 valence electrons. The summed E-state index contributed by atoms with van der Waals surface area (Å²) < 4.78 is 5.95. The number of benzene rings is 1. The van der Waals surface area contributed by atoms with Crippen LogP contribution in [-0.4, -0.2) is 33.3 Å². The minimum Gasteiger partial charge on any atom is -0.415 e. The number of rotatable bonds is 4. The number of aliphatic hydroxyl groups excluding tert-OH is 1. The molecule has 1 heterocycles. The molecule has 1 aromatic rings. The molecule has 22 heavy (non-hydrogen) atoms. The highest BCUT2D eigenvalue weighted by Gasteiger charge is 2.34. The Morgan fingerprint density at radius 2 is 2.00 bits per heavy atom. The van der Waals surface area contributed by atoms with Crippen LogP contribution >= 0.6 is 0 Å². The van der Waals surface area contributed by atoms with Crippen LogP contribution in [0.5, 0.6) is 0 Å². The number of likely N-dealkylation sites (N-methyl/N-ethyl adjacent to an activating group) is 1. The summed E-state index contributed by atoms with van der Waals surface area (Å²) in [7, 11) is -0.705. The van der Waals surface area contributed by atoms with E-state index in [9.17, 15) is 5.11 Å². The Morgan fingerprint density at radius 1 is 1.32 bits per heavy atom. The number of hydrogen-bond acceptors (Lipinski definition) is 3. The second-order valence-corrected chi connectivity index (χ2v) is 9.51. The van der Waals surface area contributed by atoms with E-state index in [2.05, 4.69) is 63.9 Å². The number of hydrogen-bond donors (Lipinski definition) is 1. The van der Waals surface area contributed by atoms with Crippen molar-refractivity contribution in [2.75, 3.05) is 18.1 Å². The quantitative estimate of drug-likeness (QED) is 0.855. The van der Waals surface area contributed by atoms with Crippen molar-refractivity contribution in [2.45, 2.75) is 64.8 Å². The lowest BCUT2D eigenvalue weighted by atomic mass is 9.80. The molecule has 0 spiro atoms. The van der Waals surface area contributed by atoms with E-state index in [1.165, 1.54) is 11.3 Å². The monoisotopic (exact) mass is 320 g/mol. The van der Waals surface area contributed by atoms with E-state index in [-0.39, 0.29) is 11.5 Å². The largest absolute Gasteiger partial charge is 0.415 e. The van der Waals surface area contributed by atoms with Crippen LogP contribution in [0.3, 0.4) is 0 Å². The van der Waals surface area contributed by atoms with Crippen LogP contribution in [0.25, 0.3) is 0 Å². The third kappa shape index (κ3) is 3.55. The first-order chi connectivity index (χ1) is 10.3. The lowest BCUT2D eigenvalue weighted by molar-refractivity contribution is 0.133. The summed E-state index contributed by atoms with van der Waals surface area (Å²) in [5.74, 6) is 0. The van der Waals surface area contributed by atoms with Crippen molar-refractivity contribution in [2.24, 2.45) is 0 Å². The molecule has 0 saturated heterocycles. The molecule has 2 rings (SSSR count). The van der Waals surface area contributed by atoms with Crippen LogP contribution in [0.15, 0.2) is 18.2 Å². The predicted molar refractivity (Wildman–Crippen MR) is 95.0 cm³/mol. The maximum absolute atomic E-state index is 10.6. The Bertz CT molecular complexity index is 510. The molecule has 2 atom stereocenters. The highest BCUT2D eigenvalue weighted by atomic mass is 28.3. The summed E-state index contributed by atoms with van der Waals surface area (Å²) >= 11 is 0. The molecule has 1 radical (unpaired) electrons. The second-order valence-electron chi connectivity index (χ2n) is 7.40. The Morgan fingerprint density at radius 3 is 2.55 bits per heavy atom. The van der Waals surface area contributed by atoms with E-state index < -0.39 is 15.1 Å². The molecule has 3 nitrogen and oxygen atoms in total. The number of anilines is 1. The van der Waals surface area contributed by atoms with Gasteiger partial charge in [0.2, 0.25) is 9.04 Å². The normalized spacial score (nSPS) is 22.1. The lowest BCUT2D eigenvalue weighted by Gasteiger charge is -2.43. The first-order valence-electron chi connectivity index (χ1n) is 8.26. The molecule has 0 aliphatic carbocycles. The van der Waals surface area contributed by atoms with Gasteiger partial charge in [-0.1, -0.05) is 39.0 Å². The molecule has 0 aromatic heterocycles. The minimum atomic E-state index is -0.705. The molecule has 0 saturated carbocycles. The molecular formula is C18H30NO2Si.